The molecule has 0 bridgehead atoms. The standard InChI is InChI=1S/C27H32N6O2S/c1-18-17-28-26(29-19-7-9-20(10-8-19)34-16-15-33-13-5-6-14-33)30-23(18)21-11-12-22(36-21)24-31-25(35-32-24)27(2,3)4/h7-12,17H,5-6,13-16H2,1-4H3,(H,28,29,30). The lowest BCUT2D eigenvalue weighted by Crippen LogP contribution is -2.25. The van der Waals surface area contributed by atoms with Crippen LogP contribution in [0.4, 0.5) is 11.6 Å². The van der Waals surface area contributed by atoms with Crippen molar-refractivity contribution in [1.29, 1.82) is 0 Å². The fraction of sp³-hybridized carbons (Fsp3) is 0.407. The predicted octanol–water partition coefficient (Wildman–Crippen LogP) is 6.08. The molecule has 0 atom stereocenters. The molecule has 188 valence electrons. The number of thiophene rings is 1. The summed E-state index contributed by atoms with van der Waals surface area (Å²) in [5.41, 5.74) is 2.60. The van der Waals surface area contributed by atoms with Gasteiger partial charge in [-0.3, -0.25) is 4.90 Å². The number of nitrogens with zero attached hydrogens (tertiary/aromatic N) is 5. The van der Waals surface area contributed by atoms with Crippen molar-refractivity contribution in [3.63, 3.8) is 0 Å². The summed E-state index contributed by atoms with van der Waals surface area (Å²) in [6, 6.07) is 12.0. The number of aryl methyl sites for hydroxylation is 1. The lowest BCUT2D eigenvalue weighted by atomic mass is 9.97. The van der Waals surface area contributed by atoms with E-state index in [1.807, 2.05) is 49.5 Å². The van der Waals surface area contributed by atoms with Gasteiger partial charge in [0.15, 0.2) is 0 Å². The molecule has 0 amide bonds. The van der Waals surface area contributed by atoms with Crippen LogP contribution in [0.2, 0.25) is 0 Å². The van der Waals surface area contributed by atoms with Crippen LogP contribution in [0.5, 0.6) is 5.75 Å². The molecule has 0 aliphatic carbocycles. The molecule has 5 rings (SSSR count). The SMILES string of the molecule is Cc1cnc(Nc2ccc(OCCN3CCCC3)cc2)nc1-c1ccc(-c2noc(C(C)(C)C)n2)s1. The second-order valence-corrected chi connectivity index (χ2v) is 11.2. The van der Waals surface area contributed by atoms with Crippen molar-refractivity contribution < 1.29 is 9.26 Å². The molecule has 0 radical (unpaired) electrons. The van der Waals surface area contributed by atoms with Crippen LogP contribution < -0.4 is 10.1 Å². The van der Waals surface area contributed by atoms with Crippen molar-refractivity contribution >= 4 is 23.0 Å². The van der Waals surface area contributed by atoms with Crippen molar-refractivity contribution in [3.05, 3.63) is 54.0 Å². The van der Waals surface area contributed by atoms with E-state index in [9.17, 15) is 0 Å². The zero-order valence-electron chi connectivity index (χ0n) is 21.2. The molecule has 4 aromatic rings. The Morgan fingerprint density at radius 1 is 1.03 bits per heavy atom. The van der Waals surface area contributed by atoms with E-state index >= 15 is 0 Å². The zero-order valence-corrected chi connectivity index (χ0v) is 22.1. The Morgan fingerprint density at radius 3 is 2.50 bits per heavy atom. The fourth-order valence-electron chi connectivity index (χ4n) is 4.03. The topological polar surface area (TPSA) is 89.2 Å². The number of nitrogens with one attached hydrogen (secondary N) is 1. The van der Waals surface area contributed by atoms with Gasteiger partial charge in [-0.15, -0.1) is 11.3 Å². The van der Waals surface area contributed by atoms with Crippen molar-refractivity contribution in [3.8, 4) is 27.0 Å². The van der Waals surface area contributed by atoms with Gasteiger partial charge in [0.2, 0.25) is 17.7 Å². The van der Waals surface area contributed by atoms with E-state index in [0.29, 0.717) is 24.3 Å². The van der Waals surface area contributed by atoms with E-state index in [1.165, 1.54) is 25.9 Å². The van der Waals surface area contributed by atoms with E-state index in [2.05, 4.69) is 46.1 Å². The van der Waals surface area contributed by atoms with Crippen LogP contribution in [-0.2, 0) is 5.41 Å². The molecule has 4 heterocycles. The van der Waals surface area contributed by atoms with Gasteiger partial charge in [0.05, 0.1) is 15.4 Å². The van der Waals surface area contributed by atoms with Gasteiger partial charge in [-0.25, -0.2) is 9.97 Å². The molecule has 1 fully saturated rings. The molecule has 0 unspecified atom stereocenters. The van der Waals surface area contributed by atoms with E-state index in [1.54, 1.807) is 11.3 Å². The van der Waals surface area contributed by atoms with E-state index < -0.39 is 0 Å². The van der Waals surface area contributed by atoms with Gasteiger partial charge in [-0.2, -0.15) is 4.98 Å². The zero-order chi connectivity index (χ0) is 25.1. The second kappa shape index (κ2) is 10.4. The van der Waals surface area contributed by atoms with Crippen LogP contribution in [-0.4, -0.2) is 51.2 Å². The average molecular weight is 505 g/mol. The van der Waals surface area contributed by atoms with Crippen LogP contribution >= 0.6 is 11.3 Å². The first kappa shape index (κ1) is 24.4. The molecular formula is C27H32N6O2S. The minimum atomic E-state index is -0.187. The summed E-state index contributed by atoms with van der Waals surface area (Å²) in [6.07, 6.45) is 4.44. The van der Waals surface area contributed by atoms with E-state index in [0.717, 1.165) is 39.0 Å². The number of hydrogen-bond acceptors (Lipinski definition) is 9. The van der Waals surface area contributed by atoms with Crippen LogP contribution in [0.1, 0.15) is 45.1 Å². The third kappa shape index (κ3) is 5.74. The Bertz CT molecular complexity index is 1300. The van der Waals surface area contributed by atoms with Gasteiger partial charge in [-0.1, -0.05) is 25.9 Å². The number of aromatic nitrogens is 4. The summed E-state index contributed by atoms with van der Waals surface area (Å²) < 4.78 is 11.4. The molecule has 1 aliphatic rings. The quantitative estimate of drug-likeness (QED) is 0.309. The third-order valence-electron chi connectivity index (χ3n) is 6.08. The molecule has 1 aliphatic heterocycles. The number of rotatable bonds is 8. The Morgan fingerprint density at radius 2 is 1.78 bits per heavy atom. The normalized spacial score (nSPS) is 14.3. The van der Waals surface area contributed by atoms with Crippen LogP contribution in [0.25, 0.3) is 21.3 Å². The smallest absolute Gasteiger partial charge is 0.232 e. The lowest BCUT2D eigenvalue weighted by molar-refractivity contribution is 0.238. The molecule has 1 N–H and O–H groups in total. The van der Waals surface area contributed by atoms with Gasteiger partial charge >= 0.3 is 0 Å². The first-order valence-electron chi connectivity index (χ1n) is 12.4. The molecule has 0 saturated carbocycles. The van der Waals surface area contributed by atoms with Gasteiger partial charge < -0.3 is 14.6 Å². The summed E-state index contributed by atoms with van der Waals surface area (Å²) in [5.74, 6) is 2.64. The van der Waals surface area contributed by atoms with Crippen LogP contribution in [0.15, 0.2) is 47.1 Å². The van der Waals surface area contributed by atoms with Crippen molar-refractivity contribution in [2.24, 2.45) is 0 Å². The van der Waals surface area contributed by atoms with Crippen LogP contribution in [0, 0.1) is 6.92 Å². The Balaban J connectivity index is 1.25. The molecule has 1 aromatic carbocycles. The Hall–Kier alpha value is -3.30. The molecule has 3 aromatic heterocycles. The summed E-state index contributed by atoms with van der Waals surface area (Å²) in [4.78, 5) is 18.3. The highest BCUT2D eigenvalue weighted by Gasteiger charge is 2.23. The largest absolute Gasteiger partial charge is 0.492 e. The van der Waals surface area contributed by atoms with Gasteiger partial charge in [0, 0.05) is 23.8 Å². The van der Waals surface area contributed by atoms with E-state index in [4.69, 9.17) is 14.2 Å². The number of hydrogen-bond donors (Lipinski definition) is 1. The minimum Gasteiger partial charge on any atom is -0.492 e. The number of likely N-dealkylation sites (tertiary alicyclic amines) is 1. The summed E-state index contributed by atoms with van der Waals surface area (Å²) in [5, 5.41) is 7.47. The van der Waals surface area contributed by atoms with Gasteiger partial charge in [-0.05, 0) is 74.8 Å². The minimum absolute atomic E-state index is 0.187. The Kier molecular flexibility index (Phi) is 7.02. The number of ether oxygens (including phenoxy) is 1. The third-order valence-corrected chi connectivity index (χ3v) is 7.17. The average Bonchev–Trinajstić information content (AvgIpc) is 3.62. The molecule has 8 nitrogen and oxygen atoms in total. The second-order valence-electron chi connectivity index (χ2n) is 10.1. The highest BCUT2D eigenvalue weighted by molar-refractivity contribution is 7.18. The predicted molar refractivity (Wildman–Crippen MR) is 143 cm³/mol. The summed E-state index contributed by atoms with van der Waals surface area (Å²) in [6.45, 7) is 12.2. The molecule has 36 heavy (non-hydrogen) atoms. The molecule has 1 saturated heterocycles. The first-order chi connectivity index (χ1) is 17.3. The van der Waals surface area contributed by atoms with E-state index in [-0.39, 0.29) is 5.41 Å². The highest BCUT2D eigenvalue weighted by atomic mass is 32.1. The van der Waals surface area contributed by atoms with Crippen molar-refractivity contribution in [2.45, 2.75) is 46.0 Å². The van der Waals surface area contributed by atoms with Crippen molar-refractivity contribution in [2.75, 3.05) is 31.6 Å². The van der Waals surface area contributed by atoms with Crippen LogP contribution in [0.3, 0.4) is 0 Å². The van der Waals surface area contributed by atoms with Gasteiger partial charge in [0.25, 0.3) is 0 Å². The first-order valence-corrected chi connectivity index (χ1v) is 13.2. The lowest BCUT2D eigenvalue weighted by Gasteiger charge is -2.15. The Labute approximate surface area is 215 Å². The monoisotopic (exact) mass is 504 g/mol. The molecule has 0 spiro atoms. The maximum atomic E-state index is 5.91. The molecular weight excluding hydrogens is 472 g/mol. The number of benzene rings is 1. The maximum Gasteiger partial charge on any atom is 0.232 e. The fourth-order valence-corrected chi connectivity index (χ4v) is 5.01. The van der Waals surface area contributed by atoms with Gasteiger partial charge in [0.1, 0.15) is 12.4 Å². The van der Waals surface area contributed by atoms with Crippen molar-refractivity contribution in [1.82, 2.24) is 25.0 Å². The maximum absolute atomic E-state index is 5.91. The highest BCUT2D eigenvalue weighted by Crippen LogP contribution is 2.35. The summed E-state index contributed by atoms with van der Waals surface area (Å²) >= 11 is 1.59. The molecule has 9 heteroatoms. The number of anilines is 2. The summed E-state index contributed by atoms with van der Waals surface area (Å²) in [7, 11) is 0.